The Balaban J connectivity index is 1.34. The molecule has 4 aromatic rings. The number of aryl methyl sites for hydroxylation is 1. The van der Waals surface area contributed by atoms with Gasteiger partial charge in [-0.1, -0.05) is 12.1 Å². The monoisotopic (exact) mass is 501 g/mol. The summed E-state index contributed by atoms with van der Waals surface area (Å²) in [7, 11) is 3.28. The highest BCUT2D eigenvalue weighted by atomic mass is 16.5. The molecule has 194 valence electrons. The van der Waals surface area contributed by atoms with Crippen molar-refractivity contribution in [3.05, 3.63) is 66.1 Å². The SMILES string of the molecule is COc1cc(COc2cccc(-c3cc(CCCCN4CCCC4)n4ncnc(N)c34)c2)cc(OC)c1. The third kappa shape index (κ3) is 5.80. The number of methoxy groups -OCH3 is 2. The Kier molecular flexibility index (Phi) is 7.75. The molecule has 8 nitrogen and oxygen atoms in total. The van der Waals surface area contributed by atoms with E-state index >= 15 is 0 Å². The first-order valence-corrected chi connectivity index (χ1v) is 12.9. The summed E-state index contributed by atoms with van der Waals surface area (Å²) in [6.45, 7) is 4.05. The van der Waals surface area contributed by atoms with Gasteiger partial charge in [-0.3, -0.25) is 0 Å². The van der Waals surface area contributed by atoms with Crippen molar-refractivity contribution in [2.24, 2.45) is 0 Å². The smallest absolute Gasteiger partial charge is 0.151 e. The highest BCUT2D eigenvalue weighted by molar-refractivity contribution is 5.88. The number of anilines is 1. The van der Waals surface area contributed by atoms with E-state index in [9.17, 15) is 0 Å². The predicted molar refractivity (Wildman–Crippen MR) is 145 cm³/mol. The van der Waals surface area contributed by atoms with Crippen molar-refractivity contribution in [1.82, 2.24) is 19.5 Å². The van der Waals surface area contributed by atoms with Crippen molar-refractivity contribution in [3.63, 3.8) is 0 Å². The number of likely N-dealkylation sites (tertiary alicyclic amines) is 1. The fourth-order valence-corrected chi connectivity index (χ4v) is 5.05. The van der Waals surface area contributed by atoms with E-state index in [4.69, 9.17) is 19.9 Å². The number of aromatic nitrogens is 3. The van der Waals surface area contributed by atoms with Gasteiger partial charge in [-0.15, -0.1) is 0 Å². The van der Waals surface area contributed by atoms with Crippen LogP contribution < -0.4 is 19.9 Å². The predicted octanol–water partition coefficient (Wildman–Crippen LogP) is 4.99. The zero-order valence-corrected chi connectivity index (χ0v) is 21.7. The average molecular weight is 502 g/mol. The van der Waals surface area contributed by atoms with Crippen LogP contribution in [0.5, 0.6) is 17.2 Å². The van der Waals surface area contributed by atoms with Gasteiger partial charge in [-0.05, 0) is 93.2 Å². The summed E-state index contributed by atoms with van der Waals surface area (Å²) in [5.41, 5.74) is 11.3. The number of benzene rings is 2. The molecule has 0 unspecified atom stereocenters. The molecule has 2 N–H and O–H groups in total. The van der Waals surface area contributed by atoms with Gasteiger partial charge in [0.2, 0.25) is 0 Å². The maximum Gasteiger partial charge on any atom is 0.151 e. The number of nitrogens with zero attached hydrogens (tertiary/aromatic N) is 4. The number of rotatable bonds is 11. The minimum Gasteiger partial charge on any atom is -0.497 e. The fourth-order valence-electron chi connectivity index (χ4n) is 5.05. The lowest BCUT2D eigenvalue weighted by Crippen LogP contribution is -2.20. The van der Waals surface area contributed by atoms with E-state index in [1.807, 2.05) is 40.9 Å². The number of unbranched alkanes of at least 4 members (excludes halogenated alkanes) is 1. The molecule has 0 aliphatic carbocycles. The van der Waals surface area contributed by atoms with Gasteiger partial charge in [0, 0.05) is 17.3 Å². The summed E-state index contributed by atoms with van der Waals surface area (Å²) in [6.07, 6.45) is 7.43. The van der Waals surface area contributed by atoms with Crippen LogP contribution in [-0.2, 0) is 13.0 Å². The molecule has 8 heteroatoms. The van der Waals surface area contributed by atoms with E-state index in [-0.39, 0.29) is 0 Å². The summed E-state index contributed by atoms with van der Waals surface area (Å²) < 4.78 is 18.8. The highest BCUT2D eigenvalue weighted by Gasteiger charge is 2.16. The lowest BCUT2D eigenvalue weighted by atomic mass is 10.1. The standard InChI is InChI=1S/C29H35N5O3/c1-35-25-14-21(15-26(18-25)36-2)19-37-24-10-7-8-22(16-24)27-17-23(34-28(27)29(30)31-20-32-34)9-3-4-11-33-12-5-6-13-33/h7-8,10,14-18,20H,3-6,9,11-13,19H2,1-2H3,(H2,30,31,32). The van der Waals surface area contributed by atoms with Crippen LogP contribution in [0.15, 0.2) is 54.9 Å². The van der Waals surface area contributed by atoms with Gasteiger partial charge in [-0.2, -0.15) is 5.10 Å². The lowest BCUT2D eigenvalue weighted by Gasteiger charge is -2.13. The fraction of sp³-hybridized carbons (Fsp3) is 0.379. The molecule has 3 heterocycles. The van der Waals surface area contributed by atoms with Crippen LogP contribution in [0.3, 0.4) is 0 Å². The Morgan fingerprint density at radius 2 is 1.70 bits per heavy atom. The topological polar surface area (TPSA) is 87.1 Å². The van der Waals surface area contributed by atoms with Crippen molar-refractivity contribution in [2.45, 2.75) is 38.7 Å². The van der Waals surface area contributed by atoms with Gasteiger partial charge in [-0.25, -0.2) is 9.50 Å². The van der Waals surface area contributed by atoms with Gasteiger partial charge >= 0.3 is 0 Å². The van der Waals surface area contributed by atoms with Crippen LogP contribution in [0.25, 0.3) is 16.6 Å². The number of fused-ring (bicyclic) bond motifs is 1. The summed E-state index contributed by atoms with van der Waals surface area (Å²) in [6, 6.07) is 16.0. The van der Waals surface area contributed by atoms with Crippen LogP contribution in [-0.4, -0.2) is 53.4 Å². The summed E-state index contributed by atoms with van der Waals surface area (Å²) in [4.78, 5) is 6.84. The molecule has 0 spiro atoms. The zero-order chi connectivity index (χ0) is 25.6. The molecule has 37 heavy (non-hydrogen) atoms. The van der Waals surface area contributed by atoms with Crippen molar-refractivity contribution >= 4 is 11.3 Å². The van der Waals surface area contributed by atoms with Crippen LogP contribution in [0.4, 0.5) is 5.82 Å². The molecule has 0 radical (unpaired) electrons. The molecule has 1 aliphatic heterocycles. The third-order valence-electron chi connectivity index (χ3n) is 6.97. The molecule has 5 rings (SSSR count). The molecule has 1 fully saturated rings. The third-order valence-corrected chi connectivity index (χ3v) is 6.97. The number of ether oxygens (including phenoxy) is 3. The Morgan fingerprint density at radius 3 is 2.46 bits per heavy atom. The average Bonchev–Trinajstić information content (AvgIpc) is 3.59. The number of nitrogens with two attached hydrogens (primary N) is 1. The molecule has 1 saturated heterocycles. The number of hydrogen-bond acceptors (Lipinski definition) is 7. The molecule has 2 aromatic carbocycles. The first-order valence-electron chi connectivity index (χ1n) is 12.9. The Bertz CT molecular complexity index is 1320. The van der Waals surface area contributed by atoms with Crippen LogP contribution in [0.1, 0.15) is 36.9 Å². The number of nitrogen functional groups attached to an aromatic ring is 1. The quantitative estimate of drug-likeness (QED) is 0.290. The molecule has 0 saturated carbocycles. The van der Waals surface area contributed by atoms with Crippen molar-refractivity contribution in [3.8, 4) is 28.4 Å². The van der Waals surface area contributed by atoms with E-state index in [0.29, 0.717) is 12.4 Å². The maximum absolute atomic E-state index is 6.34. The Labute approximate surface area is 218 Å². The van der Waals surface area contributed by atoms with E-state index < -0.39 is 0 Å². The lowest BCUT2D eigenvalue weighted by molar-refractivity contribution is 0.304. The number of hydrogen-bond donors (Lipinski definition) is 1. The van der Waals surface area contributed by atoms with Crippen LogP contribution >= 0.6 is 0 Å². The largest absolute Gasteiger partial charge is 0.497 e. The van der Waals surface area contributed by atoms with E-state index in [1.165, 1.54) is 45.2 Å². The van der Waals surface area contributed by atoms with E-state index in [1.54, 1.807) is 14.2 Å². The highest BCUT2D eigenvalue weighted by Crippen LogP contribution is 2.33. The van der Waals surface area contributed by atoms with E-state index in [0.717, 1.165) is 58.0 Å². The first kappa shape index (κ1) is 24.9. The molecular weight excluding hydrogens is 466 g/mol. The molecule has 0 amide bonds. The van der Waals surface area contributed by atoms with Crippen LogP contribution in [0, 0.1) is 0 Å². The second kappa shape index (κ2) is 11.5. The van der Waals surface area contributed by atoms with E-state index in [2.05, 4.69) is 27.1 Å². The first-order chi connectivity index (χ1) is 18.1. The van der Waals surface area contributed by atoms with Gasteiger partial charge in [0.05, 0.1) is 14.2 Å². The van der Waals surface area contributed by atoms with Crippen molar-refractivity contribution in [1.29, 1.82) is 0 Å². The Hall–Kier alpha value is -3.78. The normalized spacial score (nSPS) is 13.8. The van der Waals surface area contributed by atoms with Gasteiger partial charge in [0.25, 0.3) is 0 Å². The molecular formula is C29H35N5O3. The second-order valence-electron chi connectivity index (χ2n) is 9.50. The van der Waals surface area contributed by atoms with Gasteiger partial charge in [0.1, 0.15) is 35.7 Å². The molecule has 0 bridgehead atoms. The van der Waals surface area contributed by atoms with Crippen molar-refractivity contribution in [2.75, 3.05) is 39.6 Å². The molecule has 1 aliphatic rings. The van der Waals surface area contributed by atoms with Crippen molar-refractivity contribution < 1.29 is 14.2 Å². The second-order valence-corrected chi connectivity index (χ2v) is 9.50. The molecule has 0 atom stereocenters. The zero-order valence-electron chi connectivity index (χ0n) is 21.7. The van der Waals surface area contributed by atoms with Gasteiger partial charge < -0.3 is 24.8 Å². The molecule has 2 aromatic heterocycles. The summed E-state index contributed by atoms with van der Waals surface area (Å²) >= 11 is 0. The van der Waals surface area contributed by atoms with Gasteiger partial charge in [0.15, 0.2) is 5.82 Å². The summed E-state index contributed by atoms with van der Waals surface area (Å²) in [5.74, 6) is 2.70. The minimum atomic E-state index is 0.390. The maximum atomic E-state index is 6.34. The van der Waals surface area contributed by atoms with Crippen LogP contribution in [0.2, 0.25) is 0 Å². The Morgan fingerprint density at radius 1 is 0.919 bits per heavy atom. The minimum absolute atomic E-state index is 0.390. The summed E-state index contributed by atoms with van der Waals surface area (Å²) in [5, 5.41) is 4.54.